The first-order valence-corrected chi connectivity index (χ1v) is 11.0. The number of carboxylic acid groups (broad SMARTS) is 2. The number of aromatic nitrogens is 1. The molecular weight excluding hydrogens is 492 g/mol. The van der Waals surface area contributed by atoms with Crippen LogP contribution in [0.3, 0.4) is 0 Å². The molecule has 15 nitrogen and oxygen atoms in total. The van der Waals surface area contributed by atoms with Crippen molar-refractivity contribution in [2.45, 2.75) is 43.4 Å². The highest BCUT2D eigenvalue weighted by atomic mass is 16.4. The van der Waals surface area contributed by atoms with Gasteiger partial charge in [-0.3, -0.25) is 24.0 Å². The van der Waals surface area contributed by atoms with Crippen molar-refractivity contribution in [2.24, 2.45) is 11.5 Å². The second-order valence-corrected chi connectivity index (χ2v) is 8.14. The lowest BCUT2D eigenvalue weighted by molar-refractivity contribution is -0.147. The molecule has 0 radical (unpaired) electrons. The molecule has 0 fully saturated rings. The summed E-state index contributed by atoms with van der Waals surface area (Å²) in [7, 11) is 0. The Labute approximate surface area is 209 Å². The number of fused-ring (bicyclic) bond motifs is 1. The van der Waals surface area contributed by atoms with Gasteiger partial charge in [-0.05, 0) is 11.6 Å². The lowest BCUT2D eigenvalue weighted by Crippen LogP contribution is -2.58. The number of aliphatic hydroxyl groups is 1. The van der Waals surface area contributed by atoms with E-state index in [2.05, 4.69) is 20.9 Å². The third-order valence-corrected chi connectivity index (χ3v) is 5.30. The second-order valence-electron chi connectivity index (χ2n) is 8.14. The predicted molar refractivity (Wildman–Crippen MR) is 127 cm³/mol. The Morgan fingerprint density at radius 1 is 0.865 bits per heavy atom. The molecule has 200 valence electrons. The van der Waals surface area contributed by atoms with Crippen LogP contribution in [-0.2, 0) is 35.2 Å². The number of amides is 4. The molecule has 0 spiro atoms. The van der Waals surface area contributed by atoms with Crippen LogP contribution in [0.4, 0.5) is 0 Å². The van der Waals surface area contributed by atoms with Crippen molar-refractivity contribution in [3.63, 3.8) is 0 Å². The molecule has 0 saturated carbocycles. The summed E-state index contributed by atoms with van der Waals surface area (Å²) in [6.07, 6.45) is -0.192. The van der Waals surface area contributed by atoms with Gasteiger partial charge >= 0.3 is 11.9 Å². The Morgan fingerprint density at radius 3 is 2.05 bits per heavy atom. The van der Waals surface area contributed by atoms with Crippen LogP contribution in [0.5, 0.6) is 0 Å². The maximum Gasteiger partial charge on any atom is 0.326 e. The van der Waals surface area contributed by atoms with Crippen LogP contribution in [0.15, 0.2) is 30.5 Å². The second kappa shape index (κ2) is 13.0. The quantitative estimate of drug-likeness (QED) is 0.121. The number of carbonyl (C=O) groups is 6. The number of hydrogen-bond donors (Lipinski definition) is 9. The number of carbonyl (C=O) groups excluding carboxylic acids is 4. The van der Waals surface area contributed by atoms with Crippen LogP contribution in [0, 0.1) is 0 Å². The number of H-pyrrole nitrogens is 1. The third-order valence-electron chi connectivity index (χ3n) is 5.30. The van der Waals surface area contributed by atoms with Gasteiger partial charge in [-0.1, -0.05) is 18.2 Å². The number of rotatable bonds is 14. The van der Waals surface area contributed by atoms with Gasteiger partial charge in [0.25, 0.3) is 0 Å². The van der Waals surface area contributed by atoms with Crippen LogP contribution >= 0.6 is 0 Å². The first-order chi connectivity index (χ1) is 17.4. The monoisotopic (exact) mass is 520 g/mol. The van der Waals surface area contributed by atoms with Gasteiger partial charge in [-0.2, -0.15) is 0 Å². The van der Waals surface area contributed by atoms with Crippen molar-refractivity contribution in [3.8, 4) is 0 Å². The summed E-state index contributed by atoms with van der Waals surface area (Å²) in [6, 6.07) is 0.792. The number of carboxylic acids is 2. The van der Waals surface area contributed by atoms with Crippen LogP contribution in [0.2, 0.25) is 0 Å². The summed E-state index contributed by atoms with van der Waals surface area (Å²) in [5.74, 6) is -7.07. The fourth-order valence-corrected chi connectivity index (χ4v) is 3.42. The zero-order chi connectivity index (χ0) is 27.7. The number of nitrogens with one attached hydrogen (secondary N) is 4. The molecule has 1 aromatic heterocycles. The van der Waals surface area contributed by atoms with Gasteiger partial charge in [0.15, 0.2) is 0 Å². The molecule has 1 aromatic carbocycles. The summed E-state index contributed by atoms with van der Waals surface area (Å²) in [5, 5.41) is 34.6. The number of nitrogens with two attached hydrogens (primary N) is 2. The Hall–Kier alpha value is -4.50. The summed E-state index contributed by atoms with van der Waals surface area (Å²) < 4.78 is 0. The van der Waals surface area contributed by atoms with Gasteiger partial charge < -0.3 is 47.7 Å². The van der Waals surface area contributed by atoms with E-state index in [0.29, 0.717) is 16.5 Å². The molecule has 15 heteroatoms. The van der Waals surface area contributed by atoms with Crippen molar-refractivity contribution in [3.05, 3.63) is 36.0 Å². The molecule has 37 heavy (non-hydrogen) atoms. The number of aliphatic hydroxyl groups excluding tert-OH is 1. The minimum absolute atomic E-state index is 0.172. The SMILES string of the molecule is NC(=O)CC(NC(=O)C(N)CO)C(=O)NC(Cc1c[nH]c2ccccc12)C(=O)NC(CC(=O)O)C(=O)O. The minimum Gasteiger partial charge on any atom is -0.481 e. The number of aromatic amines is 1. The lowest BCUT2D eigenvalue weighted by atomic mass is 10.0. The zero-order valence-corrected chi connectivity index (χ0v) is 19.5. The summed E-state index contributed by atoms with van der Waals surface area (Å²) in [5.41, 5.74) is 11.9. The van der Waals surface area contributed by atoms with E-state index in [0.717, 1.165) is 0 Å². The van der Waals surface area contributed by atoms with E-state index in [1.165, 1.54) is 0 Å². The highest BCUT2D eigenvalue weighted by Gasteiger charge is 2.32. The Bertz CT molecular complexity index is 1180. The van der Waals surface area contributed by atoms with Gasteiger partial charge in [-0.25, -0.2) is 4.79 Å². The van der Waals surface area contributed by atoms with Crippen LogP contribution in [0.1, 0.15) is 18.4 Å². The Balaban J connectivity index is 2.34. The molecule has 0 aliphatic heterocycles. The lowest BCUT2D eigenvalue weighted by Gasteiger charge is -2.24. The summed E-state index contributed by atoms with van der Waals surface area (Å²) >= 11 is 0. The first kappa shape index (κ1) is 28.7. The number of para-hydroxylation sites is 1. The molecule has 4 atom stereocenters. The molecule has 0 saturated heterocycles. The molecule has 11 N–H and O–H groups in total. The average Bonchev–Trinajstić information content (AvgIpc) is 3.24. The van der Waals surface area contributed by atoms with Gasteiger partial charge in [-0.15, -0.1) is 0 Å². The molecule has 0 aliphatic rings. The van der Waals surface area contributed by atoms with Gasteiger partial charge in [0.1, 0.15) is 24.2 Å². The smallest absolute Gasteiger partial charge is 0.326 e. The van der Waals surface area contributed by atoms with Crippen molar-refractivity contribution >= 4 is 46.5 Å². The van der Waals surface area contributed by atoms with Gasteiger partial charge in [0.05, 0.1) is 19.4 Å². The van der Waals surface area contributed by atoms with Crippen LogP contribution < -0.4 is 27.4 Å². The fraction of sp³-hybridized carbons (Fsp3) is 0.364. The van der Waals surface area contributed by atoms with Crippen molar-refractivity contribution in [1.82, 2.24) is 20.9 Å². The van der Waals surface area contributed by atoms with Gasteiger partial charge in [0, 0.05) is 23.5 Å². The van der Waals surface area contributed by atoms with E-state index >= 15 is 0 Å². The van der Waals surface area contributed by atoms with E-state index < -0.39 is 79.2 Å². The summed E-state index contributed by atoms with van der Waals surface area (Å²) in [6.45, 7) is -0.748. The number of aliphatic carboxylic acids is 2. The average molecular weight is 520 g/mol. The van der Waals surface area contributed by atoms with Crippen molar-refractivity contribution in [1.29, 1.82) is 0 Å². The highest BCUT2D eigenvalue weighted by molar-refractivity contribution is 5.97. The normalized spacial score (nSPS) is 14.1. The molecule has 2 rings (SSSR count). The van der Waals surface area contributed by atoms with E-state index in [-0.39, 0.29) is 6.42 Å². The third kappa shape index (κ3) is 8.29. The molecule has 4 amide bonds. The Kier molecular flexibility index (Phi) is 10.1. The molecule has 2 aromatic rings. The van der Waals surface area contributed by atoms with E-state index in [9.17, 15) is 33.9 Å². The van der Waals surface area contributed by atoms with Crippen LogP contribution in [0.25, 0.3) is 10.9 Å². The van der Waals surface area contributed by atoms with Crippen molar-refractivity contribution in [2.75, 3.05) is 6.61 Å². The maximum atomic E-state index is 13.0. The van der Waals surface area contributed by atoms with E-state index in [1.54, 1.807) is 30.5 Å². The molecule has 0 aliphatic carbocycles. The molecule has 0 bridgehead atoms. The topological polar surface area (TPSA) is 267 Å². The molecule has 1 heterocycles. The highest BCUT2D eigenvalue weighted by Crippen LogP contribution is 2.19. The fourth-order valence-electron chi connectivity index (χ4n) is 3.42. The number of primary amides is 1. The molecular formula is C22H28N6O9. The minimum atomic E-state index is -1.80. The standard InChI is InChI=1S/C22H28N6O9/c23-12(9-29)19(33)26-15(6-17(24)30)21(35)27-14(20(34)28-16(22(36)37)7-18(31)32)5-10-8-25-13-4-2-1-3-11(10)13/h1-4,8,12,14-16,25,29H,5-7,9,23H2,(H2,24,30)(H,26,33)(H,27,35)(H,28,34)(H,31,32)(H,36,37). The summed E-state index contributed by atoms with van der Waals surface area (Å²) in [4.78, 5) is 75.1. The van der Waals surface area contributed by atoms with Gasteiger partial charge in [0.2, 0.25) is 23.6 Å². The predicted octanol–water partition coefficient (Wildman–Crippen LogP) is -3.08. The Morgan fingerprint density at radius 2 is 1.46 bits per heavy atom. The largest absolute Gasteiger partial charge is 0.481 e. The van der Waals surface area contributed by atoms with E-state index in [4.69, 9.17) is 21.7 Å². The zero-order valence-electron chi connectivity index (χ0n) is 19.5. The van der Waals surface area contributed by atoms with Crippen LogP contribution in [-0.4, -0.2) is 86.6 Å². The number of benzene rings is 1. The molecule has 4 unspecified atom stereocenters. The van der Waals surface area contributed by atoms with E-state index in [1.807, 2.05) is 0 Å². The van der Waals surface area contributed by atoms with Crippen molar-refractivity contribution < 1.29 is 44.1 Å². The first-order valence-electron chi connectivity index (χ1n) is 11.0. The number of hydrogen-bond acceptors (Lipinski definition) is 8. The maximum absolute atomic E-state index is 13.0.